The van der Waals surface area contributed by atoms with Crippen LogP contribution in [0, 0.1) is 5.92 Å². The van der Waals surface area contributed by atoms with Crippen molar-refractivity contribution >= 4 is 38.6 Å². The first-order chi connectivity index (χ1) is 13.8. The number of hydrogen-bond donors (Lipinski definition) is 2. The van der Waals surface area contributed by atoms with Gasteiger partial charge in [0.15, 0.2) is 5.82 Å². The van der Waals surface area contributed by atoms with E-state index < -0.39 is 16.1 Å². The van der Waals surface area contributed by atoms with Crippen molar-refractivity contribution in [3.05, 3.63) is 36.9 Å². The van der Waals surface area contributed by atoms with Crippen LogP contribution >= 0.6 is 0 Å². The van der Waals surface area contributed by atoms with E-state index in [1.54, 1.807) is 35.5 Å². The van der Waals surface area contributed by atoms with Gasteiger partial charge >= 0.3 is 6.03 Å². The van der Waals surface area contributed by atoms with Gasteiger partial charge in [-0.05, 0) is 24.5 Å². The van der Waals surface area contributed by atoms with Gasteiger partial charge in [0.25, 0.3) is 0 Å². The predicted molar refractivity (Wildman–Crippen MR) is 108 cm³/mol. The summed E-state index contributed by atoms with van der Waals surface area (Å²) in [5.74, 6) is 0.372. The fraction of sp³-hybridized carbons (Fsp3) is 0.389. The van der Waals surface area contributed by atoms with Crippen LogP contribution in [0.5, 0.6) is 0 Å². The van der Waals surface area contributed by atoms with Crippen LogP contribution in [0.4, 0.5) is 16.3 Å². The molecule has 4 heterocycles. The zero-order valence-electron chi connectivity index (χ0n) is 16.1. The molecule has 2 atom stereocenters. The maximum absolute atomic E-state index is 12.8. The van der Waals surface area contributed by atoms with Crippen LogP contribution in [-0.4, -0.2) is 59.9 Å². The van der Waals surface area contributed by atoms with Crippen LogP contribution in [-0.2, 0) is 10.0 Å². The first-order valence-electron chi connectivity index (χ1n) is 9.22. The van der Waals surface area contributed by atoms with Crippen LogP contribution in [0.3, 0.4) is 0 Å². The van der Waals surface area contributed by atoms with Gasteiger partial charge in [-0.15, -0.1) is 0 Å². The molecule has 0 spiro atoms. The van der Waals surface area contributed by atoms with Gasteiger partial charge < -0.3 is 14.4 Å². The second kappa shape index (κ2) is 7.39. The van der Waals surface area contributed by atoms with Crippen molar-refractivity contribution in [2.24, 2.45) is 5.92 Å². The SMILES string of the molecule is C[C@@H]1CCN(C(=O)Nc2ccon2)C[C@@H]1N(c1ccnc2[nH]ccc12)S(C)(=O)=O. The lowest BCUT2D eigenvalue weighted by atomic mass is 9.93. The van der Waals surface area contributed by atoms with Gasteiger partial charge in [-0.1, -0.05) is 12.1 Å². The number of nitrogens with zero attached hydrogens (tertiary/aromatic N) is 4. The van der Waals surface area contributed by atoms with Gasteiger partial charge in [-0.2, -0.15) is 0 Å². The van der Waals surface area contributed by atoms with E-state index in [4.69, 9.17) is 4.52 Å². The molecule has 0 radical (unpaired) electrons. The smallest absolute Gasteiger partial charge is 0.323 e. The minimum Gasteiger partial charge on any atom is -0.363 e. The fourth-order valence-electron chi connectivity index (χ4n) is 3.75. The highest BCUT2D eigenvalue weighted by atomic mass is 32.2. The first-order valence-corrected chi connectivity index (χ1v) is 11.1. The molecule has 11 heteroatoms. The number of hydrogen-bond acceptors (Lipinski definition) is 6. The Bertz CT molecular complexity index is 1110. The van der Waals surface area contributed by atoms with E-state index in [1.165, 1.54) is 16.8 Å². The average molecular weight is 418 g/mol. The Kier molecular flexibility index (Phi) is 4.91. The number of carbonyl (C=O) groups excluding carboxylic acids is 1. The van der Waals surface area contributed by atoms with Gasteiger partial charge in [-0.25, -0.2) is 18.2 Å². The summed E-state index contributed by atoms with van der Waals surface area (Å²) in [6.07, 6.45) is 6.53. The number of pyridine rings is 1. The third-order valence-electron chi connectivity index (χ3n) is 5.21. The normalized spacial score (nSPS) is 20.0. The van der Waals surface area contributed by atoms with Gasteiger partial charge in [0.2, 0.25) is 10.0 Å². The third kappa shape index (κ3) is 3.77. The average Bonchev–Trinajstić information content (AvgIpc) is 3.34. The summed E-state index contributed by atoms with van der Waals surface area (Å²) in [6, 6.07) is 4.29. The van der Waals surface area contributed by atoms with Crippen molar-refractivity contribution in [3.63, 3.8) is 0 Å². The maximum atomic E-state index is 12.8. The van der Waals surface area contributed by atoms with Crippen LogP contribution < -0.4 is 9.62 Å². The molecule has 0 saturated carbocycles. The molecule has 2 N–H and O–H groups in total. The quantitative estimate of drug-likeness (QED) is 0.670. The van der Waals surface area contributed by atoms with Crippen LogP contribution in [0.25, 0.3) is 11.0 Å². The summed E-state index contributed by atoms with van der Waals surface area (Å²) in [4.78, 5) is 21.5. The standard InChI is InChI=1S/C18H22N6O4S/c1-12-5-9-23(18(25)21-16-6-10-28-22-16)11-15(12)24(29(2,26)27)14-4-8-20-17-13(14)3-7-19-17/h3-4,6-8,10,12,15H,5,9,11H2,1-2H3,(H,19,20)(H,21,22,25)/t12-,15+/m1/s1. The Hall–Kier alpha value is -3.08. The highest BCUT2D eigenvalue weighted by Crippen LogP contribution is 2.33. The van der Waals surface area contributed by atoms with E-state index >= 15 is 0 Å². The molecule has 29 heavy (non-hydrogen) atoms. The maximum Gasteiger partial charge on any atom is 0.323 e. The van der Waals surface area contributed by atoms with E-state index in [-0.39, 0.29) is 18.5 Å². The van der Waals surface area contributed by atoms with Gasteiger partial charge in [0.1, 0.15) is 11.9 Å². The molecular formula is C18H22N6O4S. The molecule has 0 bridgehead atoms. The fourth-order valence-corrected chi connectivity index (χ4v) is 5.03. The molecule has 1 aliphatic rings. The molecule has 3 aromatic heterocycles. The van der Waals surface area contributed by atoms with E-state index in [9.17, 15) is 13.2 Å². The third-order valence-corrected chi connectivity index (χ3v) is 6.39. The second-order valence-corrected chi connectivity index (χ2v) is 9.08. The van der Waals surface area contributed by atoms with E-state index in [0.717, 1.165) is 0 Å². The minimum absolute atomic E-state index is 0.0583. The van der Waals surface area contributed by atoms with Crippen molar-refractivity contribution in [1.29, 1.82) is 0 Å². The topological polar surface area (TPSA) is 124 Å². The van der Waals surface area contributed by atoms with Crippen LogP contribution in [0.1, 0.15) is 13.3 Å². The Balaban J connectivity index is 1.66. The highest BCUT2D eigenvalue weighted by Gasteiger charge is 2.38. The molecule has 1 aliphatic heterocycles. The molecule has 2 amide bonds. The number of sulfonamides is 1. The van der Waals surface area contributed by atoms with Gasteiger partial charge in [0.05, 0.1) is 18.0 Å². The van der Waals surface area contributed by atoms with Crippen LogP contribution in [0.15, 0.2) is 41.4 Å². The first kappa shape index (κ1) is 19.2. The lowest BCUT2D eigenvalue weighted by molar-refractivity contribution is 0.175. The second-order valence-electron chi connectivity index (χ2n) is 7.22. The van der Waals surface area contributed by atoms with E-state index in [2.05, 4.69) is 20.4 Å². The summed E-state index contributed by atoms with van der Waals surface area (Å²) in [5, 5.41) is 7.07. The molecule has 1 saturated heterocycles. The Morgan fingerprint density at radius 1 is 1.38 bits per heavy atom. The zero-order chi connectivity index (χ0) is 20.6. The number of piperidine rings is 1. The number of carbonyl (C=O) groups is 1. The Morgan fingerprint density at radius 3 is 2.93 bits per heavy atom. The molecule has 0 aliphatic carbocycles. The number of likely N-dealkylation sites (tertiary alicyclic amines) is 1. The molecule has 0 aromatic carbocycles. The van der Waals surface area contributed by atoms with Crippen molar-refractivity contribution in [1.82, 2.24) is 20.0 Å². The number of nitrogens with one attached hydrogen (secondary N) is 2. The summed E-state index contributed by atoms with van der Waals surface area (Å²) >= 11 is 0. The number of aromatic nitrogens is 3. The molecule has 10 nitrogen and oxygen atoms in total. The zero-order valence-corrected chi connectivity index (χ0v) is 16.9. The van der Waals surface area contributed by atoms with E-state index in [1.807, 2.05) is 6.92 Å². The Morgan fingerprint density at radius 2 is 2.21 bits per heavy atom. The number of aromatic amines is 1. The largest absolute Gasteiger partial charge is 0.363 e. The summed E-state index contributed by atoms with van der Waals surface area (Å²) in [7, 11) is -3.61. The molecule has 154 valence electrons. The number of anilines is 2. The summed E-state index contributed by atoms with van der Waals surface area (Å²) in [5.41, 5.74) is 1.16. The number of urea groups is 1. The van der Waals surface area contributed by atoms with Crippen molar-refractivity contribution in [2.75, 3.05) is 29.0 Å². The minimum atomic E-state index is -3.61. The number of rotatable bonds is 4. The van der Waals surface area contributed by atoms with Crippen LogP contribution in [0.2, 0.25) is 0 Å². The van der Waals surface area contributed by atoms with Crippen molar-refractivity contribution in [2.45, 2.75) is 19.4 Å². The molecule has 4 rings (SSSR count). The lowest BCUT2D eigenvalue weighted by Gasteiger charge is -2.42. The monoisotopic (exact) mass is 418 g/mol. The summed E-state index contributed by atoms with van der Waals surface area (Å²) < 4.78 is 31.8. The lowest BCUT2D eigenvalue weighted by Crippen LogP contribution is -2.56. The Labute approximate surface area is 167 Å². The number of H-pyrrole nitrogens is 1. The van der Waals surface area contributed by atoms with Crippen molar-refractivity contribution in [3.8, 4) is 0 Å². The molecule has 0 unspecified atom stereocenters. The summed E-state index contributed by atoms with van der Waals surface area (Å²) in [6.45, 7) is 2.78. The van der Waals surface area contributed by atoms with E-state index in [0.29, 0.717) is 35.5 Å². The van der Waals surface area contributed by atoms with Gasteiger partial charge in [-0.3, -0.25) is 9.62 Å². The van der Waals surface area contributed by atoms with Crippen molar-refractivity contribution < 1.29 is 17.7 Å². The molecule has 1 fully saturated rings. The molecular weight excluding hydrogens is 396 g/mol. The predicted octanol–water partition coefficient (Wildman–Crippen LogP) is 2.26. The number of amides is 2. The molecule has 3 aromatic rings. The highest BCUT2D eigenvalue weighted by molar-refractivity contribution is 7.92. The number of fused-ring (bicyclic) bond motifs is 1. The van der Waals surface area contributed by atoms with Gasteiger partial charge in [0, 0.05) is 36.9 Å².